The van der Waals surface area contributed by atoms with Gasteiger partial charge in [-0.25, -0.2) is 4.39 Å². The lowest BCUT2D eigenvalue weighted by atomic mass is 10.0. The first-order chi connectivity index (χ1) is 14.1. The quantitative estimate of drug-likeness (QED) is 0.389. The molecule has 0 radical (unpaired) electrons. The van der Waals surface area contributed by atoms with Crippen LogP contribution in [0.5, 0.6) is 5.75 Å². The molecule has 0 aliphatic rings. The van der Waals surface area contributed by atoms with Crippen molar-refractivity contribution in [3.63, 3.8) is 0 Å². The third kappa shape index (κ3) is 6.01. The van der Waals surface area contributed by atoms with Crippen LogP contribution in [-0.2, 0) is 14.3 Å². The van der Waals surface area contributed by atoms with E-state index in [-0.39, 0.29) is 25.0 Å². The predicted molar refractivity (Wildman–Crippen MR) is 107 cm³/mol. The van der Waals surface area contributed by atoms with Gasteiger partial charge >= 0.3 is 11.9 Å². The minimum absolute atomic E-state index is 0.00915. The van der Waals surface area contributed by atoms with Gasteiger partial charge in [0.05, 0.1) is 0 Å². The number of hydrogen-bond acceptors (Lipinski definition) is 4. The highest BCUT2D eigenvalue weighted by molar-refractivity contribution is 5.74. The summed E-state index contributed by atoms with van der Waals surface area (Å²) in [5.74, 6) is -1.73. The molecule has 0 saturated carbocycles. The molecule has 0 spiro atoms. The van der Waals surface area contributed by atoms with Gasteiger partial charge in [0.15, 0.2) is 17.7 Å². The van der Waals surface area contributed by atoms with Crippen molar-refractivity contribution < 1.29 is 23.5 Å². The normalized spacial score (nSPS) is 10.6. The first-order valence-corrected chi connectivity index (χ1v) is 9.38. The minimum atomic E-state index is -0.603. The van der Waals surface area contributed by atoms with Crippen LogP contribution in [0, 0.1) is 5.82 Å². The minimum Gasteiger partial charge on any atom is -0.453 e. The van der Waals surface area contributed by atoms with Gasteiger partial charge in [0.2, 0.25) is 0 Å². The molecule has 0 heterocycles. The molecule has 3 rings (SSSR count). The van der Waals surface area contributed by atoms with Crippen LogP contribution in [0.25, 0.3) is 0 Å². The molecule has 0 bridgehead atoms. The molecular weight excluding hydrogens is 371 g/mol. The van der Waals surface area contributed by atoms with E-state index in [4.69, 9.17) is 9.47 Å². The van der Waals surface area contributed by atoms with Crippen LogP contribution >= 0.6 is 0 Å². The Morgan fingerprint density at radius 3 is 1.83 bits per heavy atom. The maximum atomic E-state index is 13.5. The maximum Gasteiger partial charge on any atom is 0.311 e. The van der Waals surface area contributed by atoms with Crippen molar-refractivity contribution in [1.29, 1.82) is 0 Å². The van der Waals surface area contributed by atoms with Crippen LogP contribution in [0.3, 0.4) is 0 Å². The zero-order valence-corrected chi connectivity index (χ0v) is 15.8. The van der Waals surface area contributed by atoms with Gasteiger partial charge in [-0.05, 0) is 29.7 Å². The highest BCUT2D eigenvalue weighted by atomic mass is 19.1. The fourth-order valence-electron chi connectivity index (χ4n) is 2.85. The zero-order valence-electron chi connectivity index (χ0n) is 15.8. The molecule has 0 fully saturated rings. The van der Waals surface area contributed by atoms with Crippen molar-refractivity contribution in [2.75, 3.05) is 0 Å². The van der Waals surface area contributed by atoms with Gasteiger partial charge in [0, 0.05) is 12.8 Å². The molecule has 29 heavy (non-hydrogen) atoms. The van der Waals surface area contributed by atoms with Crippen molar-refractivity contribution in [3.05, 3.63) is 102 Å². The number of carbonyl (C=O) groups is 2. The summed E-state index contributed by atoms with van der Waals surface area (Å²) in [5, 5.41) is 0. The monoisotopic (exact) mass is 392 g/mol. The lowest BCUT2D eigenvalue weighted by Crippen LogP contribution is -2.14. The second-order valence-electron chi connectivity index (χ2n) is 6.45. The van der Waals surface area contributed by atoms with E-state index in [2.05, 4.69) is 0 Å². The van der Waals surface area contributed by atoms with Gasteiger partial charge in [-0.2, -0.15) is 0 Å². The van der Waals surface area contributed by atoms with E-state index >= 15 is 0 Å². The van der Waals surface area contributed by atoms with E-state index in [0.717, 1.165) is 11.1 Å². The van der Waals surface area contributed by atoms with E-state index in [1.165, 1.54) is 18.2 Å². The van der Waals surface area contributed by atoms with E-state index in [1.54, 1.807) is 6.07 Å². The molecule has 4 nitrogen and oxygen atoms in total. The Hall–Kier alpha value is -3.47. The molecule has 0 unspecified atom stereocenters. The Kier molecular flexibility index (Phi) is 7.11. The van der Waals surface area contributed by atoms with Crippen LogP contribution in [0.1, 0.15) is 36.5 Å². The molecule has 0 N–H and O–H groups in total. The van der Waals surface area contributed by atoms with Crippen LogP contribution < -0.4 is 4.74 Å². The van der Waals surface area contributed by atoms with Gasteiger partial charge in [0.25, 0.3) is 0 Å². The topological polar surface area (TPSA) is 52.6 Å². The Bertz CT molecular complexity index is 902. The number of benzene rings is 3. The molecule has 0 atom stereocenters. The number of esters is 2. The summed E-state index contributed by atoms with van der Waals surface area (Å²) in [4.78, 5) is 24.2. The van der Waals surface area contributed by atoms with Gasteiger partial charge in [-0.1, -0.05) is 72.8 Å². The molecule has 3 aromatic carbocycles. The van der Waals surface area contributed by atoms with Crippen molar-refractivity contribution in [3.8, 4) is 5.75 Å². The molecule has 3 aromatic rings. The van der Waals surface area contributed by atoms with Gasteiger partial charge < -0.3 is 9.47 Å². The number of halogens is 1. The van der Waals surface area contributed by atoms with Gasteiger partial charge in [-0.3, -0.25) is 9.59 Å². The molecule has 5 heteroatoms. The van der Waals surface area contributed by atoms with Crippen LogP contribution in [0.2, 0.25) is 0 Å². The van der Waals surface area contributed by atoms with Crippen molar-refractivity contribution in [1.82, 2.24) is 0 Å². The molecule has 0 amide bonds. The van der Waals surface area contributed by atoms with Crippen LogP contribution in [0.4, 0.5) is 4.39 Å². The van der Waals surface area contributed by atoms with E-state index < -0.39 is 23.9 Å². The maximum absolute atomic E-state index is 13.5. The third-order valence-electron chi connectivity index (χ3n) is 4.28. The SMILES string of the molecule is O=C(CCCC(=O)OC(c1ccccc1)c1ccccc1)Oc1ccccc1F. The number of carbonyl (C=O) groups excluding carboxylic acids is 2. The fraction of sp³-hybridized carbons (Fsp3) is 0.167. The first-order valence-electron chi connectivity index (χ1n) is 9.38. The van der Waals surface area contributed by atoms with Crippen LogP contribution in [-0.4, -0.2) is 11.9 Å². The Morgan fingerprint density at radius 1 is 0.724 bits per heavy atom. The average molecular weight is 392 g/mol. The Balaban J connectivity index is 1.54. The molecule has 148 valence electrons. The smallest absolute Gasteiger partial charge is 0.311 e. The summed E-state index contributed by atoms with van der Waals surface area (Å²) < 4.78 is 24.2. The number of hydrogen-bond donors (Lipinski definition) is 0. The summed E-state index contributed by atoms with van der Waals surface area (Å²) in [6, 6.07) is 24.6. The number of ether oxygens (including phenoxy) is 2. The average Bonchev–Trinajstić information content (AvgIpc) is 2.75. The van der Waals surface area contributed by atoms with Gasteiger partial charge in [-0.15, -0.1) is 0 Å². The summed E-state index contributed by atoms with van der Waals surface area (Å²) in [7, 11) is 0. The third-order valence-corrected chi connectivity index (χ3v) is 4.28. The second-order valence-corrected chi connectivity index (χ2v) is 6.45. The largest absolute Gasteiger partial charge is 0.453 e. The second kappa shape index (κ2) is 10.2. The number of rotatable bonds is 8. The Labute approximate surface area is 168 Å². The van der Waals surface area contributed by atoms with Crippen molar-refractivity contribution >= 4 is 11.9 Å². The van der Waals surface area contributed by atoms with Gasteiger partial charge in [0.1, 0.15) is 0 Å². The first kappa shape index (κ1) is 20.3. The summed E-state index contributed by atoms with van der Waals surface area (Å²) >= 11 is 0. The van der Waals surface area contributed by atoms with E-state index in [9.17, 15) is 14.0 Å². The Morgan fingerprint density at radius 2 is 1.24 bits per heavy atom. The zero-order chi connectivity index (χ0) is 20.5. The lowest BCUT2D eigenvalue weighted by molar-refractivity contribution is -0.147. The van der Waals surface area contributed by atoms with Crippen molar-refractivity contribution in [2.45, 2.75) is 25.4 Å². The van der Waals surface area contributed by atoms with E-state index in [0.29, 0.717) is 0 Å². The van der Waals surface area contributed by atoms with E-state index in [1.807, 2.05) is 60.7 Å². The molecular formula is C24H21FO4. The molecule has 0 saturated heterocycles. The summed E-state index contributed by atoms with van der Waals surface area (Å²) in [5.41, 5.74) is 1.73. The summed E-state index contributed by atoms with van der Waals surface area (Å²) in [6.45, 7) is 0. The standard InChI is InChI=1S/C24H21FO4/c25-20-14-7-8-15-21(20)28-22(26)16-9-17-23(27)29-24(18-10-3-1-4-11-18)19-12-5-2-6-13-19/h1-8,10-15,24H,9,16-17H2. The summed E-state index contributed by atoms with van der Waals surface area (Å²) in [6.07, 6.45) is -0.217. The van der Waals surface area contributed by atoms with Crippen molar-refractivity contribution in [2.24, 2.45) is 0 Å². The van der Waals surface area contributed by atoms with Crippen LogP contribution in [0.15, 0.2) is 84.9 Å². The molecule has 0 aliphatic heterocycles. The highest BCUT2D eigenvalue weighted by Crippen LogP contribution is 2.26. The highest BCUT2D eigenvalue weighted by Gasteiger charge is 2.19. The molecule has 0 aromatic heterocycles. The number of para-hydroxylation sites is 1. The molecule has 0 aliphatic carbocycles. The fourth-order valence-corrected chi connectivity index (χ4v) is 2.85. The lowest BCUT2D eigenvalue weighted by Gasteiger charge is -2.19. The predicted octanol–water partition coefficient (Wildman–Crippen LogP) is 5.23.